The highest BCUT2D eigenvalue weighted by Gasteiger charge is 2.19. The van der Waals surface area contributed by atoms with Crippen molar-refractivity contribution >= 4 is 39.6 Å². The van der Waals surface area contributed by atoms with E-state index in [4.69, 9.17) is 28.8 Å². The number of Topliss-reactive ketones (excluding diaryl/α,β-unsaturated/α-hetero) is 2. The van der Waals surface area contributed by atoms with Gasteiger partial charge < -0.3 is 58.9 Å². The van der Waals surface area contributed by atoms with Crippen LogP contribution in [0.4, 0.5) is 17.1 Å². The number of nitrogens with zero attached hydrogens (tertiary/aromatic N) is 4. The number of ether oxygens (including phenoxy) is 3. The Balaban J connectivity index is 0.000000150. The smallest absolute Gasteiger partial charge is 0.197 e. The topological polar surface area (TPSA) is 216 Å². The summed E-state index contributed by atoms with van der Waals surface area (Å²) in [6, 6.07) is 18.1. The van der Waals surface area contributed by atoms with Gasteiger partial charge in [0.1, 0.15) is 47.2 Å². The van der Waals surface area contributed by atoms with E-state index in [1.54, 1.807) is 67.0 Å². The summed E-state index contributed by atoms with van der Waals surface area (Å²) >= 11 is 0. The van der Waals surface area contributed by atoms with Gasteiger partial charge in [-0.1, -0.05) is 0 Å². The molecule has 0 radical (unpaired) electrons. The van der Waals surface area contributed by atoms with Gasteiger partial charge in [0.25, 0.3) is 0 Å². The summed E-state index contributed by atoms with van der Waals surface area (Å²) < 4.78 is 21.7. The van der Waals surface area contributed by atoms with Gasteiger partial charge in [-0.15, -0.1) is 0 Å². The lowest BCUT2D eigenvalue weighted by molar-refractivity contribution is 0.0895. The molecule has 3 fully saturated rings. The van der Waals surface area contributed by atoms with Gasteiger partial charge in [-0.05, 0) is 36.4 Å². The molecule has 3 saturated heterocycles. The molecule has 0 aliphatic carbocycles. The van der Waals surface area contributed by atoms with Crippen LogP contribution in [0.1, 0.15) is 20.7 Å². The third-order valence-electron chi connectivity index (χ3n) is 9.72. The first kappa shape index (κ1) is 41.6. The van der Waals surface area contributed by atoms with Crippen molar-refractivity contribution in [3.8, 4) is 28.6 Å². The monoisotopic (exact) mass is 798 g/mol. The first-order valence-corrected chi connectivity index (χ1v) is 18.8. The van der Waals surface area contributed by atoms with Crippen molar-refractivity contribution in [2.45, 2.75) is 0 Å². The third-order valence-corrected chi connectivity index (χ3v) is 9.72. The number of hydrogen-bond donors (Lipinski definition) is 5. The number of fused-ring (bicyclic) bond motifs is 1. The van der Waals surface area contributed by atoms with E-state index in [1.165, 1.54) is 6.07 Å². The molecule has 5 aromatic rings. The summed E-state index contributed by atoms with van der Waals surface area (Å²) in [5.41, 5.74) is 3.65. The molecule has 0 spiro atoms. The Morgan fingerprint density at radius 2 is 1.07 bits per heavy atom. The maximum Gasteiger partial charge on any atom is 0.197 e. The van der Waals surface area contributed by atoms with Crippen LogP contribution in [0.25, 0.3) is 22.3 Å². The van der Waals surface area contributed by atoms with Gasteiger partial charge in [0.05, 0.1) is 50.8 Å². The number of ketones is 2. The Labute approximate surface area is 333 Å². The number of carbonyl (C=O) groups excluding carboxylic acids is 2. The van der Waals surface area contributed by atoms with Gasteiger partial charge in [-0.25, -0.2) is 0 Å². The predicted molar refractivity (Wildman–Crippen MR) is 216 cm³/mol. The number of morpholine rings is 3. The van der Waals surface area contributed by atoms with Crippen LogP contribution < -0.4 is 20.1 Å². The van der Waals surface area contributed by atoms with Crippen LogP contribution in [-0.2, 0) is 14.2 Å². The summed E-state index contributed by atoms with van der Waals surface area (Å²) in [4.78, 5) is 45.3. The molecule has 3 aliphatic rings. The predicted octanol–water partition coefficient (Wildman–Crippen LogP) is 3.20. The van der Waals surface area contributed by atoms with E-state index in [-0.39, 0.29) is 39.2 Å². The van der Waals surface area contributed by atoms with Crippen LogP contribution in [0.2, 0.25) is 0 Å². The number of rotatable bonds is 8. The van der Waals surface area contributed by atoms with Gasteiger partial charge in [0.2, 0.25) is 0 Å². The molecule has 3 aromatic carbocycles. The number of aromatic nitrogens is 1. The minimum absolute atomic E-state index is 0.0690. The lowest BCUT2D eigenvalue weighted by atomic mass is 10.1. The van der Waals surface area contributed by atoms with Crippen LogP contribution in [0.3, 0.4) is 0 Å². The van der Waals surface area contributed by atoms with Crippen molar-refractivity contribution in [1.29, 1.82) is 0 Å². The molecule has 58 heavy (non-hydrogen) atoms. The Morgan fingerprint density at radius 3 is 1.50 bits per heavy atom. The number of pyridine rings is 1. The SMILES string of the molecule is O=C(CO)c1ccc(N2CCOCC2)cc1O.O=C(CO)c1ccc(N2CCOCC2)cc1O.O=c1cc(-c2cccnc2)oc2cc(N3CCOCC3)cc(O)c12. The van der Waals surface area contributed by atoms with E-state index in [0.29, 0.717) is 56.5 Å². The van der Waals surface area contributed by atoms with Gasteiger partial charge in [0, 0.05) is 105 Å². The Morgan fingerprint density at radius 1 is 0.603 bits per heavy atom. The first-order chi connectivity index (χ1) is 28.2. The second-order valence-electron chi connectivity index (χ2n) is 13.4. The number of benzene rings is 3. The molecular formula is C42H46N4O12. The van der Waals surface area contributed by atoms with Crippen molar-refractivity contribution in [3.05, 3.63) is 100 Å². The fourth-order valence-electron chi connectivity index (χ4n) is 6.63. The molecular weight excluding hydrogens is 752 g/mol. The number of aromatic hydroxyl groups is 3. The minimum Gasteiger partial charge on any atom is -0.507 e. The molecule has 0 amide bonds. The molecule has 16 heteroatoms. The van der Waals surface area contributed by atoms with Crippen molar-refractivity contribution in [3.63, 3.8) is 0 Å². The highest BCUT2D eigenvalue weighted by atomic mass is 16.5. The summed E-state index contributed by atoms with van der Waals surface area (Å²) in [6.07, 6.45) is 3.29. The average molecular weight is 799 g/mol. The highest BCUT2D eigenvalue weighted by Crippen LogP contribution is 2.32. The second-order valence-corrected chi connectivity index (χ2v) is 13.4. The molecule has 0 atom stereocenters. The van der Waals surface area contributed by atoms with Crippen LogP contribution in [-0.4, -0.2) is 134 Å². The fourth-order valence-corrected chi connectivity index (χ4v) is 6.63. The van der Waals surface area contributed by atoms with E-state index in [1.807, 2.05) is 6.07 Å². The van der Waals surface area contributed by atoms with Crippen LogP contribution in [0, 0.1) is 0 Å². The lowest BCUT2D eigenvalue weighted by Gasteiger charge is -2.29. The number of aliphatic hydroxyl groups is 2. The molecule has 16 nitrogen and oxygen atoms in total. The molecule has 2 aromatic heterocycles. The normalized spacial score (nSPS) is 15.5. The average Bonchev–Trinajstić information content (AvgIpc) is 3.27. The maximum atomic E-state index is 12.4. The number of phenolic OH excluding ortho intramolecular Hbond substituents is 3. The molecule has 0 bridgehead atoms. The van der Waals surface area contributed by atoms with Crippen LogP contribution in [0.15, 0.2) is 88.3 Å². The highest BCUT2D eigenvalue weighted by molar-refractivity contribution is 6.00. The summed E-state index contributed by atoms with van der Waals surface area (Å²) in [5, 5.41) is 47.4. The van der Waals surface area contributed by atoms with E-state index in [9.17, 15) is 29.7 Å². The Kier molecular flexibility index (Phi) is 14.3. The third kappa shape index (κ3) is 10.3. The molecule has 5 N–H and O–H groups in total. The van der Waals surface area contributed by atoms with Gasteiger partial charge in [0.15, 0.2) is 17.0 Å². The largest absolute Gasteiger partial charge is 0.507 e. The quantitative estimate of drug-likeness (QED) is 0.143. The van der Waals surface area contributed by atoms with E-state index in [0.717, 1.165) is 56.3 Å². The molecule has 5 heterocycles. The number of phenols is 3. The van der Waals surface area contributed by atoms with Crippen LogP contribution in [0.5, 0.6) is 17.2 Å². The summed E-state index contributed by atoms with van der Waals surface area (Å²) in [7, 11) is 0. The molecule has 306 valence electrons. The van der Waals surface area contributed by atoms with E-state index >= 15 is 0 Å². The van der Waals surface area contributed by atoms with Crippen molar-refractivity contribution < 1.29 is 53.7 Å². The van der Waals surface area contributed by atoms with Gasteiger partial charge in [-0.2, -0.15) is 0 Å². The van der Waals surface area contributed by atoms with E-state index in [2.05, 4.69) is 19.7 Å². The minimum atomic E-state index is -0.593. The maximum absolute atomic E-state index is 12.4. The number of anilines is 3. The second kappa shape index (κ2) is 19.9. The number of hydrogen-bond acceptors (Lipinski definition) is 16. The lowest BCUT2D eigenvalue weighted by Crippen LogP contribution is -2.36. The van der Waals surface area contributed by atoms with Crippen molar-refractivity contribution in [2.75, 3.05) is 107 Å². The first-order valence-electron chi connectivity index (χ1n) is 18.8. The summed E-state index contributed by atoms with van der Waals surface area (Å²) in [5.74, 6) is -0.771. The Bertz CT molecular complexity index is 2150. The van der Waals surface area contributed by atoms with Gasteiger partial charge in [-0.3, -0.25) is 19.4 Å². The molecule has 0 unspecified atom stereocenters. The van der Waals surface area contributed by atoms with Crippen molar-refractivity contribution in [2.24, 2.45) is 0 Å². The fraction of sp³-hybridized carbons (Fsp3) is 0.333. The zero-order chi connectivity index (χ0) is 41.0. The van der Waals surface area contributed by atoms with E-state index < -0.39 is 24.8 Å². The van der Waals surface area contributed by atoms with Crippen molar-refractivity contribution in [1.82, 2.24) is 4.98 Å². The molecule has 8 rings (SSSR count). The zero-order valence-corrected chi connectivity index (χ0v) is 31.8. The molecule has 0 saturated carbocycles. The number of carbonyl (C=O) groups is 2. The standard InChI is InChI=1S/C18H16N2O4.2C12H15NO4/c21-14-8-13(20-4-6-23-7-5-20)9-17-18(14)15(22)10-16(24-17)12-2-1-3-19-11-12;2*14-8-12(16)10-2-1-9(7-11(10)15)13-3-5-17-6-4-13/h1-3,8-11,21H,4-7H2;2*1-2,7,14-15H,3-6,8H2. The Hall–Kier alpha value is -6.04. The molecule has 3 aliphatic heterocycles. The van der Waals surface area contributed by atoms with Crippen LogP contribution >= 0.6 is 0 Å². The number of aliphatic hydroxyl groups excluding tert-OH is 2. The van der Waals surface area contributed by atoms with Gasteiger partial charge >= 0.3 is 0 Å². The summed E-state index contributed by atoms with van der Waals surface area (Å²) in [6.45, 7) is 7.30. The zero-order valence-electron chi connectivity index (χ0n) is 31.8.